The minimum absolute atomic E-state index is 0.237. The van der Waals surface area contributed by atoms with E-state index in [2.05, 4.69) is 10.1 Å². The number of hydrogen-bond acceptors (Lipinski definition) is 7. The number of nitrogens with zero attached hydrogens (tertiary/aromatic N) is 4. The van der Waals surface area contributed by atoms with Crippen LogP contribution >= 0.6 is 23.2 Å². The van der Waals surface area contributed by atoms with Gasteiger partial charge >= 0.3 is 0 Å². The monoisotopic (exact) mass is 482 g/mol. The van der Waals surface area contributed by atoms with Crippen molar-refractivity contribution in [2.45, 2.75) is 25.0 Å². The fourth-order valence-corrected chi connectivity index (χ4v) is 3.72. The van der Waals surface area contributed by atoms with Crippen LogP contribution in [0.2, 0.25) is 10.0 Å². The molecule has 12 heteroatoms. The van der Waals surface area contributed by atoms with Gasteiger partial charge in [0, 0.05) is 10.6 Å². The molecule has 0 spiro atoms. The zero-order valence-electron chi connectivity index (χ0n) is 16.7. The number of rotatable bonds is 7. The first-order valence-electron chi connectivity index (χ1n) is 9.42. The molecule has 2 aromatic carbocycles. The lowest BCUT2D eigenvalue weighted by Crippen LogP contribution is -2.34. The summed E-state index contributed by atoms with van der Waals surface area (Å²) in [6.07, 6.45) is 2.84. The van der Waals surface area contributed by atoms with Gasteiger partial charge < -0.3 is 19.4 Å². The quantitative estimate of drug-likeness (QED) is 0.399. The van der Waals surface area contributed by atoms with E-state index in [0.717, 1.165) is 5.56 Å². The van der Waals surface area contributed by atoms with Gasteiger partial charge in [0.2, 0.25) is 5.79 Å². The maximum Gasteiger partial charge on any atom is 0.291 e. The van der Waals surface area contributed by atoms with Crippen LogP contribution in [0.3, 0.4) is 0 Å². The predicted octanol–water partition coefficient (Wildman–Crippen LogP) is 3.72. The maximum atomic E-state index is 8.36. The lowest BCUT2D eigenvalue weighted by Gasteiger charge is -2.29. The average molecular weight is 483 g/mol. The Bertz CT molecular complexity index is 1000. The molecule has 4 rings (SSSR count). The summed E-state index contributed by atoms with van der Waals surface area (Å²) in [4.78, 5) is 12.4. The van der Waals surface area contributed by atoms with Crippen molar-refractivity contribution in [3.8, 4) is 0 Å². The Morgan fingerprint density at radius 3 is 2.69 bits per heavy atom. The fraction of sp³-hybridized carbons (Fsp3) is 0.300. The highest BCUT2D eigenvalue weighted by molar-refractivity contribution is 6.35. The second kappa shape index (κ2) is 11.2. The molecule has 0 unspecified atom stereocenters. The van der Waals surface area contributed by atoms with Crippen molar-refractivity contribution in [1.29, 1.82) is 0 Å². The van der Waals surface area contributed by atoms with Crippen LogP contribution in [0.4, 0.5) is 0 Å². The number of benzene rings is 2. The Labute approximate surface area is 193 Å². The Hall–Kier alpha value is -2.76. The number of aromatic nitrogens is 3. The van der Waals surface area contributed by atoms with Crippen molar-refractivity contribution >= 4 is 23.2 Å². The highest BCUT2D eigenvalue weighted by Gasteiger charge is 2.45. The molecule has 1 aliphatic heterocycles. The summed E-state index contributed by atoms with van der Waals surface area (Å²) in [6.45, 7) is 1.60. The molecule has 1 aliphatic rings. The molecule has 3 aromatic rings. The highest BCUT2D eigenvalue weighted by atomic mass is 35.5. The lowest BCUT2D eigenvalue weighted by molar-refractivity contribution is -0.742. The van der Waals surface area contributed by atoms with Crippen molar-refractivity contribution in [2.24, 2.45) is 0 Å². The van der Waals surface area contributed by atoms with Gasteiger partial charge in [-0.05, 0) is 17.7 Å². The summed E-state index contributed by atoms with van der Waals surface area (Å²) in [7, 11) is 0. The molecule has 32 heavy (non-hydrogen) atoms. The molecule has 1 saturated heterocycles. The van der Waals surface area contributed by atoms with Gasteiger partial charge in [0.15, 0.2) is 0 Å². The van der Waals surface area contributed by atoms with Crippen molar-refractivity contribution in [1.82, 2.24) is 14.8 Å². The summed E-state index contributed by atoms with van der Waals surface area (Å²) in [5, 5.41) is 18.8. The fourth-order valence-electron chi connectivity index (χ4n) is 3.16. The van der Waals surface area contributed by atoms with Gasteiger partial charge in [0.05, 0.1) is 24.8 Å². The van der Waals surface area contributed by atoms with Gasteiger partial charge in [0.1, 0.15) is 25.3 Å². The van der Waals surface area contributed by atoms with Crippen LogP contribution < -0.4 is 0 Å². The van der Waals surface area contributed by atoms with E-state index in [0.29, 0.717) is 42.0 Å². The summed E-state index contributed by atoms with van der Waals surface area (Å²) >= 11 is 12.5. The van der Waals surface area contributed by atoms with Crippen LogP contribution in [0, 0.1) is 10.1 Å². The van der Waals surface area contributed by atoms with Crippen molar-refractivity contribution in [3.63, 3.8) is 0 Å². The van der Waals surface area contributed by atoms with Crippen molar-refractivity contribution in [2.75, 3.05) is 13.2 Å². The Kier molecular flexibility index (Phi) is 8.37. The van der Waals surface area contributed by atoms with Gasteiger partial charge in [-0.25, -0.2) is 9.67 Å². The zero-order valence-corrected chi connectivity index (χ0v) is 18.2. The van der Waals surface area contributed by atoms with E-state index in [9.17, 15) is 0 Å². The predicted molar refractivity (Wildman–Crippen MR) is 114 cm³/mol. The molecule has 2 heterocycles. The van der Waals surface area contributed by atoms with E-state index >= 15 is 0 Å². The SMILES string of the molecule is Clc1ccc([C@]2(Cn3cncn3)OC[C@@H](COCc3ccccc3)O2)c(Cl)c1.O=[N+]([O-])O. The first-order chi connectivity index (χ1) is 15.4. The molecule has 2 atom stereocenters. The third-order valence-corrected chi connectivity index (χ3v) is 5.00. The van der Waals surface area contributed by atoms with E-state index in [1.807, 2.05) is 36.4 Å². The largest absolute Gasteiger partial charge is 0.374 e. The molecule has 1 N–H and O–H groups in total. The maximum absolute atomic E-state index is 8.36. The standard InChI is InChI=1S/C20H19Cl2N3O3.HNO3/c21-16-6-7-18(19(22)8-16)20(12-25-14-23-13-24-25)27-11-17(28-20)10-26-9-15-4-2-1-3-5-15;2-1(3)4/h1-8,13-14,17H,9-12H2;(H,2,3,4)/t17-,20-;/m1./s1. The third-order valence-electron chi connectivity index (χ3n) is 4.45. The van der Waals surface area contributed by atoms with Gasteiger partial charge in [-0.1, -0.05) is 59.6 Å². The topological polar surface area (TPSA) is 122 Å². The smallest absolute Gasteiger partial charge is 0.291 e. The van der Waals surface area contributed by atoms with Gasteiger partial charge in [-0.15, -0.1) is 10.1 Å². The van der Waals surface area contributed by atoms with Gasteiger partial charge in [-0.3, -0.25) is 0 Å². The third kappa shape index (κ3) is 6.62. The summed E-state index contributed by atoms with van der Waals surface area (Å²) in [6, 6.07) is 15.2. The molecule has 0 aliphatic carbocycles. The van der Waals surface area contributed by atoms with Crippen LogP contribution in [0.5, 0.6) is 0 Å². The number of ether oxygens (including phenoxy) is 3. The number of hydrogen-bond donors (Lipinski definition) is 1. The number of halogens is 2. The summed E-state index contributed by atoms with van der Waals surface area (Å²) < 4.78 is 19.9. The van der Waals surface area contributed by atoms with Crippen LogP contribution in [-0.2, 0) is 33.1 Å². The molecule has 0 bridgehead atoms. The minimum atomic E-state index is -1.50. The lowest BCUT2D eigenvalue weighted by atomic mass is 10.1. The Morgan fingerprint density at radius 1 is 1.28 bits per heavy atom. The van der Waals surface area contributed by atoms with E-state index in [4.69, 9.17) is 52.7 Å². The Balaban J connectivity index is 0.000000668. The molecule has 0 amide bonds. The molecule has 0 radical (unpaired) electrons. The van der Waals surface area contributed by atoms with Crippen LogP contribution in [0.25, 0.3) is 0 Å². The molecule has 1 fully saturated rings. The van der Waals surface area contributed by atoms with Crippen molar-refractivity contribution < 1.29 is 24.5 Å². The molecule has 170 valence electrons. The van der Waals surface area contributed by atoms with E-state index in [1.165, 1.54) is 6.33 Å². The van der Waals surface area contributed by atoms with E-state index in [1.54, 1.807) is 23.1 Å². The average Bonchev–Trinajstić information content (AvgIpc) is 3.39. The first-order valence-corrected chi connectivity index (χ1v) is 10.2. The van der Waals surface area contributed by atoms with E-state index in [-0.39, 0.29) is 6.10 Å². The van der Waals surface area contributed by atoms with Crippen LogP contribution in [-0.4, -0.2) is 44.4 Å². The molecular formula is C20H20Cl2N4O6. The molecule has 10 nitrogen and oxygen atoms in total. The van der Waals surface area contributed by atoms with Crippen LogP contribution in [0.15, 0.2) is 61.2 Å². The second-order valence-electron chi connectivity index (χ2n) is 6.76. The minimum Gasteiger partial charge on any atom is -0.374 e. The van der Waals surface area contributed by atoms with Crippen LogP contribution in [0.1, 0.15) is 11.1 Å². The van der Waals surface area contributed by atoms with Gasteiger partial charge in [-0.2, -0.15) is 5.10 Å². The second-order valence-corrected chi connectivity index (χ2v) is 7.60. The van der Waals surface area contributed by atoms with Gasteiger partial charge in [0.25, 0.3) is 5.09 Å². The Morgan fingerprint density at radius 2 is 2.03 bits per heavy atom. The molecule has 1 aromatic heterocycles. The molecular weight excluding hydrogens is 463 g/mol. The zero-order chi connectivity index (χ0) is 23.0. The highest BCUT2D eigenvalue weighted by Crippen LogP contribution is 2.40. The molecule has 0 saturated carbocycles. The summed E-state index contributed by atoms with van der Waals surface area (Å²) in [5.74, 6) is -1.09. The van der Waals surface area contributed by atoms with E-state index < -0.39 is 10.9 Å². The summed E-state index contributed by atoms with van der Waals surface area (Å²) in [5.41, 5.74) is 1.80. The normalized spacial score (nSPS) is 19.9. The van der Waals surface area contributed by atoms with Crippen molar-refractivity contribution in [3.05, 3.63) is 92.5 Å². The first kappa shape index (κ1) is 23.9.